The standard InChI is InChI=1S/C14H15ClN6O3S/c1-9-6-12(19-24-2)21-14(17-13(18-21)25(3,22)23)20(9)8-10-4-5-11(15)16-7-10/h4-7H,8H2,1-3H3. The quantitative estimate of drug-likeness (QED) is 0.488. The lowest BCUT2D eigenvalue weighted by molar-refractivity contribution is 0.196. The third kappa shape index (κ3) is 3.49. The average molecular weight is 383 g/mol. The molecule has 0 spiro atoms. The number of aromatic nitrogens is 5. The number of halogens is 1. The molecule has 3 rings (SSSR count). The zero-order valence-corrected chi connectivity index (χ0v) is 15.3. The lowest BCUT2D eigenvalue weighted by Gasteiger charge is -2.12. The minimum absolute atomic E-state index is 0.284. The summed E-state index contributed by atoms with van der Waals surface area (Å²) in [7, 11) is -2.17. The molecule has 3 aromatic heterocycles. The second-order valence-electron chi connectivity index (χ2n) is 5.37. The highest BCUT2D eigenvalue weighted by atomic mass is 35.5. The lowest BCUT2D eigenvalue weighted by atomic mass is 10.2. The van der Waals surface area contributed by atoms with E-state index in [1.807, 2.05) is 13.0 Å². The van der Waals surface area contributed by atoms with Gasteiger partial charge in [0.2, 0.25) is 15.6 Å². The van der Waals surface area contributed by atoms with Gasteiger partial charge in [0.15, 0.2) is 5.49 Å². The van der Waals surface area contributed by atoms with Crippen molar-refractivity contribution < 1.29 is 13.3 Å². The van der Waals surface area contributed by atoms with Crippen molar-refractivity contribution >= 4 is 27.2 Å². The Morgan fingerprint density at radius 1 is 1.36 bits per heavy atom. The molecule has 0 unspecified atom stereocenters. The van der Waals surface area contributed by atoms with Crippen molar-refractivity contribution in [2.24, 2.45) is 5.16 Å². The number of sulfone groups is 1. The van der Waals surface area contributed by atoms with Crippen LogP contribution in [0.1, 0.15) is 11.3 Å². The van der Waals surface area contributed by atoms with Crippen LogP contribution in [-0.4, -0.2) is 45.9 Å². The number of pyridine rings is 1. The topological polar surface area (TPSA) is 104 Å². The molecule has 0 fully saturated rings. The molecule has 3 aromatic rings. The second kappa shape index (κ2) is 6.45. The van der Waals surface area contributed by atoms with Gasteiger partial charge in [-0.15, -0.1) is 5.10 Å². The van der Waals surface area contributed by atoms with Crippen LogP contribution in [-0.2, 0) is 21.2 Å². The van der Waals surface area contributed by atoms with Crippen molar-refractivity contribution in [2.75, 3.05) is 13.4 Å². The maximum absolute atomic E-state index is 11.8. The summed E-state index contributed by atoms with van der Waals surface area (Å²) in [6, 6.07) is 5.24. The van der Waals surface area contributed by atoms with Gasteiger partial charge >= 0.3 is 0 Å². The maximum atomic E-state index is 11.8. The summed E-state index contributed by atoms with van der Waals surface area (Å²) in [4.78, 5) is 13.0. The number of hydrogen-bond donors (Lipinski definition) is 0. The molecule has 0 aliphatic heterocycles. The van der Waals surface area contributed by atoms with E-state index in [0.717, 1.165) is 17.5 Å². The minimum Gasteiger partial charge on any atom is -0.397 e. The fraction of sp³-hybridized carbons (Fsp3) is 0.286. The summed E-state index contributed by atoms with van der Waals surface area (Å²) in [5, 5.41) is 8.03. The highest BCUT2D eigenvalue weighted by Gasteiger charge is 2.18. The fourth-order valence-electron chi connectivity index (χ4n) is 2.29. The SMILES string of the molecule is CON=c1cc(C)n(Cc2ccc(Cl)nc2)c2nc(S(C)(=O)=O)nn12. The van der Waals surface area contributed by atoms with Gasteiger partial charge in [-0.25, -0.2) is 13.4 Å². The van der Waals surface area contributed by atoms with Crippen molar-refractivity contribution in [1.82, 2.24) is 24.1 Å². The highest BCUT2D eigenvalue weighted by molar-refractivity contribution is 7.90. The van der Waals surface area contributed by atoms with Crippen molar-refractivity contribution in [2.45, 2.75) is 18.6 Å². The maximum Gasteiger partial charge on any atom is 0.268 e. The van der Waals surface area contributed by atoms with Gasteiger partial charge in [-0.05, 0) is 18.6 Å². The van der Waals surface area contributed by atoms with Crippen LogP contribution >= 0.6 is 11.6 Å². The fourth-order valence-corrected chi connectivity index (χ4v) is 2.88. The second-order valence-corrected chi connectivity index (χ2v) is 7.67. The first kappa shape index (κ1) is 17.4. The van der Waals surface area contributed by atoms with Crippen LogP contribution in [0.2, 0.25) is 5.15 Å². The van der Waals surface area contributed by atoms with Crippen LogP contribution < -0.4 is 5.49 Å². The molecule has 0 aliphatic carbocycles. The van der Waals surface area contributed by atoms with E-state index in [-0.39, 0.29) is 5.16 Å². The molecule has 132 valence electrons. The Kier molecular flexibility index (Phi) is 4.48. The first-order valence-electron chi connectivity index (χ1n) is 7.14. The Hall–Kier alpha value is -2.46. The third-order valence-corrected chi connectivity index (χ3v) is 4.50. The molecule has 0 aliphatic rings. The first-order chi connectivity index (χ1) is 11.8. The molecule has 11 heteroatoms. The van der Waals surface area contributed by atoms with E-state index < -0.39 is 9.84 Å². The van der Waals surface area contributed by atoms with Gasteiger partial charge in [-0.1, -0.05) is 22.8 Å². The van der Waals surface area contributed by atoms with Crippen molar-refractivity contribution in [3.8, 4) is 0 Å². The molecule has 0 amide bonds. The molecule has 0 saturated heterocycles. The largest absolute Gasteiger partial charge is 0.397 e. The Balaban J connectivity index is 2.25. The number of aryl methyl sites for hydroxylation is 1. The molecule has 0 atom stereocenters. The molecule has 3 heterocycles. The predicted octanol–water partition coefficient (Wildman–Crippen LogP) is 0.802. The van der Waals surface area contributed by atoms with Crippen LogP contribution in [0.15, 0.2) is 34.7 Å². The van der Waals surface area contributed by atoms with Gasteiger partial charge < -0.3 is 9.40 Å². The van der Waals surface area contributed by atoms with Gasteiger partial charge in [0.1, 0.15) is 12.3 Å². The zero-order chi connectivity index (χ0) is 18.2. The van der Waals surface area contributed by atoms with E-state index >= 15 is 0 Å². The summed E-state index contributed by atoms with van der Waals surface area (Å²) >= 11 is 5.81. The molecule has 0 bridgehead atoms. The van der Waals surface area contributed by atoms with Gasteiger partial charge in [0.25, 0.3) is 5.16 Å². The Bertz CT molecular complexity index is 1100. The van der Waals surface area contributed by atoms with Gasteiger partial charge in [-0.3, -0.25) is 0 Å². The van der Waals surface area contributed by atoms with E-state index in [1.54, 1.807) is 22.9 Å². The highest BCUT2D eigenvalue weighted by Crippen LogP contribution is 2.12. The van der Waals surface area contributed by atoms with Crippen molar-refractivity contribution in [1.29, 1.82) is 0 Å². The third-order valence-electron chi connectivity index (χ3n) is 3.44. The van der Waals surface area contributed by atoms with E-state index in [0.29, 0.717) is 23.0 Å². The first-order valence-corrected chi connectivity index (χ1v) is 9.41. The zero-order valence-electron chi connectivity index (χ0n) is 13.7. The monoisotopic (exact) mass is 382 g/mol. The molecule has 0 saturated carbocycles. The Morgan fingerprint density at radius 3 is 2.72 bits per heavy atom. The summed E-state index contributed by atoms with van der Waals surface area (Å²) in [5.41, 5.74) is 2.01. The molecule has 0 N–H and O–H groups in total. The summed E-state index contributed by atoms with van der Waals surface area (Å²) < 4.78 is 26.8. The number of nitrogens with zero attached hydrogens (tertiary/aromatic N) is 6. The van der Waals surface area contributed by atoms with Gasteiger partial charge in [0, 0.05) is 24.2 Å². The van der Waals surface area contributed by atoms with E-state index in [9.17, 15) is 8.42 Å². The smallest absolute Gasteiger partial charge is 0.268 e. The van der Waals surface area contributed by atoms with E-state index in [1.165, 1.54) is 11.6 Å². The lowest BCUT2D eigenvalue weighted by Crippen LogP contribution is -2.22. The Labute approximate surface area is 148 Å². The summed E-state index contributed by atoms with van der Waals surface area (Å²) in [5.74, 6) is 0.325. The molecule has 0 radical (unpaired) electrons. The molecule has 9 nitrogen and oxygen atoms in total. The average Bonchev–Trinajstić information content (AvgIpc) is 2.99. The van der Waals surface area contributed by atoms with Crippen molar-refractivity contribution in [3.63, 3.8) is 0 Å². The van der Waals surface area contributed by atoms with Crippen LogP contribution in [0, 0.1) is 6.92 Å². The van der Waals surface area contributed by atoms with Crippen LogP contribution in [0.4, 0.5) is 0 Å². The normalized spacial score (nSPS) is 12.7. The Morgan fingerprint density at radius 2 is 2.12 bits per heavy atom. The molecule has 0 aromatic carbocycles. The number of fused-ring (bicyclic) bond motifs is 1. The molecular formula is C14H15ClN6O3S. The van der Waals surface area contributed by atoms with Gasteiger partial charge in [0.05, 0.1) is 6.54 Å². The summed E-state index contributed by atoms with van der Waals surface area (Å²) in [6.07, 6.45) is 2.70. The number of rotatable bonds is 4. The number of hydrogen-bond acceptors (Lipinski definition) is 7. The van der Waals surface area contributed by atoms with Crippen LogP contribution in [0.25, 0.3) is 5.78 Å². The van der Waals surface area contributed by atoms with E-state index in [4.69, 9.17) is 16.4 Å². The van der Waals surface area contributed by atoms with Crippen LogP contribution in [0.5, 0.6) is 0 Å². The molecule has 25 heavy (non-hydrogen) atoms. The minimum atomic E-state index is -3.57. The van der Waals surface area contributed by atoms with Crippen molar-refractivity contribution in [3.05, 3.63) is 46.3 Å². The predicted molar refractivity (Wildman–Crippen MR) is 89.7 cm³/mol. The van der Waals surface area contributed by atoms with E-state index in [2.05, 4.69) is 20.2 Å². The van der Waals surface area contributed by atoms with Gasteiger partial charge in [-0.2, -0.15) is 9.50 Å². The summed E-state index contributed by atoms with van der Waals surface area (Å²) in [6.45, 7) is 2.27. The van der Waals surface area contributed by atoms with Crippen LogP contribution in [0.3, 0.4) is 0 Å². The molecular weight excluding hydrogens is 368 g/mol.